The fraction of sp³-hybridized carbons (Fsp3) is 0.348. The van der Waals surface area contributed by atoms with E-state index in [4.69, 9.17) is 4.74 Å². The molecule has 1 aliphatic carbocycles. The van der Waals surface area contributed by atoms with Crippen LogP contribution in [0.4, 0.5) is 8.78 Å². The number of aliphatic carboxylic acids is 1. The summed E-state index contributed by atoms with van der Waals surface area (Å²) in [6, 6.07) is 5.87. The third-order valence-corrected chi connectivity index (χ3v) is 5.36. The highest BCUT2D eigenvalue weighted by Crippen LogP contribution is 2.47. The van der Waals surface area contributed by atoms with Crippen molar-refractivity contribution in [2.24, 2.45) is 5.41 Å². The summed E-state index contributed by atoms with van der Waals surface area (Å²) in [5, 5.41) is 9.76. The van der Waals surface area contributed by atoms with E-state index >= 15 is 0 Å². The van der Waals surface area contributed by atoms with Crippen LogP contribution in [0, 0.1) is 5.41 Å². The molecule has 2 aliphatic rings. The van der Waals surface area contributed by atoms with Gasteiger partial charge in [0, 0.05) is 24.4 Å². The number of alkyl halides is 2. The molecule has 1 aromatic rings. The first-order chi connectivity index (χ1) is 13.7. The lowest BCUT2D eigenvalue weighted by Crippen LogP contribution is -2.37. The Morgan fingerprint density at radius 1 is 1.38 bits per heavy atom. The van der Waals surface area contributed by atoms with Gasteiger partial charge in [0.2, 0.25) is 0 Å². The second-order valence-corrected chi connectivity index (χ2v) is 7.46. The van der Waals surface area contributed by atoms with E-state index in [1.54, 1.807) is 23.1 Å². The van der Waals surface area contributed by atoms with Crippen molar-refractivity contribution >= 4 is 5.97 Å². The van der Waals surface area contributed by atoms with Crippen LogP contribution in [0.3, 0.4) is 0 Å². The quantitative estimate of drug-likeness (QED) is 0.623. The number of carbonyl (C=O) groups is 1. The topological polar surface area (TPSA) is 49.8 Å². The molecule has 154 valence electrons. The number of halogens is 2. The molecule has 0 spiro atoms. The largest absolute Gasteiger partial charge is 0.477 e. The van der Waals surface area contributed by atoms with Crippen molar-refractivity contribution in [2.45, 2.75) is 38.8 Å². The molecule has 0 radical (unpaired) electrons. The van der Waals surface area contributed by atoms with Gasteiger partial charge in [-0.3, -0.25) is 0 Å². The van der Waals surface area contributed by atoms with Crippen molar-refractivity contribution in [1.29, 1.82) is 0 Å². The Morgan fingerprint density at radius 2 is 2.07 bits per heavy atom. The van der Waals surface area contributed by atoms with Crippen molar-refractivity contribution < 1.29 is 23.4 Å². The monoisotopic (exact) mass is 401 g/mol. The predicted octanol–water partition coefficient (Wildman–Crippen LogP) is 5.00. The number of carboxylic acid groups (broad SMARTS) is 1. The van der Waals surface area contributed by atoms with Gasteiger partial charge in [-0.1, -0.05) is 49.9 Å². The zero-order chi connectivity index (χ0) is 21.2. The number of nitrogens with zero attached hydrogens (tertiary/aromatic N) is 1. The lowest BCUT2D eigenvalue weighted by Gasteiger charge is -2.37. The number of benzene rings is 1. The average Bonchev–Trinajstić information content (AvgIpc) is 3.00. The third kappa shape index (κ3) is 3.90. The van der Waals surface area contributed by atoms with E-state index in [0.717, 1.165) is 17.7 Å². The van der Waals surface area contributed by atoms with Gasteiger partial charge in [-0.2, -0.15) is 8.78 Å². The van der Waals surface area contributed by atoms with E-state index in [1.807, 2.05) is 32.1 Å². The minimum atomic E-state index is -3.10. The molecular weight excluding hydrogens is 376 g/mol. The smallest absolute Gasteiger partial charge is 0.352 e. The fourth-order valence-corrected chi connectivity index (χ4v) is 3.76. The molecule has 1 aliphatic heterocycles. The highest BCUT2D eigenvalue weighted by molar-refractivity contribution is 5.88. The summed E-state index contributed by atoms with van der Waals surface area (Å²) in [4.78, 5) is 13.6. The molecule has 0 amide bonds. The van der Waals surface area contributed by atoms with Crippen molar-refractivity contribution in [2.75, 3.05) is 6.61 Å². The molecule has 2 unspecified atom stereocenters. The highest BCUT2D eigenvalue weighted by atomic mass is 19.3. The zero-order valence-electron chi connectivity index (χ0n) is 16.6. The third-order valence-electron chi connectivity index (χ3n) is 5.36. The molecular formula is C23H25F2NO3. The Bertz CT molecular complexity index is 886. The van der Waals surface area contributed by atoms with Gasteiger partial charge in [0.05, 0.1) is 11.5 Å². The molecule has 0 saturated heterocycles. The number of hydrogen-bond acceptors (Lipinski definition) is 3. The maximum absolute atomic E-state index is 13.8. The Morgan fingerprint density at radius 3 is 2.66 bits per heavy atom. The van der Waals surface area contributed by atoms with Gasteiger partial charge in [0.1, 0.15) is 5.70 Å². The van der Waals surface area contributed by atoms with E-state index < -0.39 is 17.3 Å². The van der Waals surface area contributed by atoms with E-state index in [9.17, 15) is 18.7 Å². The van der Waals surface area contributed by atoms with Crippen LogP contribution in [0.1, 0.15) is 31.4 Å². The molecule has 2 atom stereocenters. The molecule has 1 N–H and O–H groups in total. The van der Waals surface area contributed by atoms with Gasteiger partial charge in [0.25, 0.3) is 5.92 Å². The molecule has 4 nitrogen and oxygen atoms in total. The van der Waals surface area contributed by atoms with Gasteiger partial charge < -0.3 is 14.7 Å². The zero-order valence-corrected chi connectivity index (χ0v) is 16.6. The van der Waals surface area contributed by atoms with E-state index in [0.29, 0.717) is 12.7 Å². The summed E-state index contributed by atoms with van der Waals surface area (Å²) < 4.78 is 33.5. The molecule has 3 rings (SSSR count). The van der Waals surface area contributed by atoms with E-state index in [1.165, 1.54) is 12.1 Å². The van der Waals surface area contributed by atoms with Crippen LogP contribution in [0.5, 0.6) is 0 Å². The van der Waals surface area contributed by atoms with Crippen LogP contribution in [0.25, 0.3) is 0 Å². The first-order valence-electron chi connectivity index (χ1n) is 9.58. The standard InChI is InChI=1S/C23H25F2NO3/c1-4-13-29-20-8-6-7-19-22(20,3)14-18(21(27)28)26(19)15-16-9-11-17(12-10-16)23(24,25)5-2/h5-12,14,20H,2,4,13,15H2,1,3H3,(H,27,28). The maximum atomic E-state index is 13.8. The second-order valence-electron chi connectivity index (χ2n) is 7.46. The summed E-state index contributed by atoms with van der Waals surface area (Å²) in [7, 11) is 0. The first-order valence-corrected chi connectivity index (χ1v) is 9.58. The summed E-state index contributed by atoms with van der Waals surface area (Å²) in [6.07, 6.45) is 8.62. The molecule has 0 saturated carbocycles. The lowest BCUT2D eigenvalue weighted by atomic mass is 9.79. The second kappa shape index (κ2) is 7.95. The minimum Gasteiger partial charge on any atom is -0.477 e. The van der Waals surface area contributed by atoms with E-state index in [2.05, 4.69) is 6.58 Å². The van der Waals surface area contributed by atoms with Crippen LogP contribution < -0.4 is 0 Å². The highest BCUT2D eigenvalue weighted by Gasteiger charge is 2.47. The maximum Gasteiger partial charge on any atom is 0.352 e. The fourth-order valence-electron chi connectivity index (χ4n) is 3.76. The van der Waals surface area contributed by atoms with Gasteiger partial charge >= 0.3 is 5.97 Å². The lowest BCUT2D eigenvalue weighted by molar-refractivity contribution is -0.134. The number of hydrogen-bond donors (Lipinski definition) is 1. The summed E-state index contributed by atoms with van der Waals surface area (Å²) >= 11 is 0. The van der Waals surface area contributed by atoms with Crippen LogP contribution in [0.15, 0.2) is 72.6 Å². The SMILES string of the molecule is C=CC(F)(F)c1ccc(CN2C(C(=O)O)=CC3(C)C2=CC=CC3OCCC)cc1. The normalized spacial score (nSPS) is 23.4. The molecule has 1 heterocycles. The Balaban J connectivity index is 1.90. The minimum absolute atomic E-state index is 0.149. The van der Waals surface area contributed by atoms with Crippen LogP contribution in [-0.4, -0.2) is 28.7 Å². The first kappa shape index (κ1) is 21.0. The van der Waals surface area contributed by atoms with Crippen molar-refractivity contribution in [1.82, 2.24) is 4.90 Å². The number of allylic oxidation sites excluding steroid dienone is 3. The summed E-state index contributed by atoms with van der Waals surface area (Å²) in [6.45, 7) is 7.98. The van der Waals surface area contributed by atoms with Crippen molar-refractivity contribution in [3.05, 3.63) is 83.7 Å². The van der Waals surface area contributed by atoms with Crippen molar-refractivity contribution in [3.8, 4) is 0 Å². The van der Waals surface area contributed by atoms with Crippen LogP contribution in [0.2, 0.25) is 0 Å². The predicted molar refractivity (Wildman–Crippen MR) is 107 cm³/mol. The average molecular weight is 401 g/mol. The molecule has 0 fully saturated rings. The number of fused-ring (bicyclic) bond motifs is 1. The summed E-state index contributed by atoms with van der Waals surface area (Å²) in [5.41, 5.74) is 0.955. The Kier molecular flexibility index (Phi) is 5.75. The summed E-state index contributed by atoms with van der Waals surface area (Å²) in [5.74, 6) is -4.14. The van der Waals surface area contributed by atoms with Crippen LogP contribution >= 0.6 is 0 Å². The molecule has 29 heavy (non-hydrogen) atoms. The van der Waals surface area contributed by atoms with Gasteiger partial charge in [0.15, 0.2) is 0 Å². The van der Waals surface area contributed by atoms with Gasteiger partial charge in [-0.15, -0.1) is 0 Å². The van der Waals surface area contributed by atoms with Gasteiger partial charge in [-0.05, 0) is 37.1 Å². The Labute approximate surface area is 169 Å². The molecule has 6 heteroatoms. The number of rotatable bonds is 8. The number of ether oxygens (including phenoxy) is 1. The van der Waals surface area contributed by atoms with Gasteiger partial charge in [-0.25, -0.2) is 4.79 Å². The molecule has 1 aromatic carbocycles. The molecule has 0 bridgehead atoms. The van der Waals surface area contributed by atoms with Crippen LogP contribution in [-0.2, 0) is 22.0 Å². The molecule has 0 aromatic heterocycles. The van der Waals surface area contributed by atoms with Crippen molar-refractivity contribution in [3.63, 3.8) is 0 Å². The van der Waals surface area contributed by atoms with E-state index in [-0.39, 0.29) is 23.9 Å². The number of carboxylic acids is 1. The Hall–Kier alpha value is -2.73.